The van der Waals surface area contributed by atoms with Gasteiger partial charge in [-0.15, -0.1) is 0 Å². The molecule has 0 aromatic carbocycles. The Bertz CT molecular complexity index is 396. The molecule has 0 aliphatic heterocycles. The van der Waals surface area contributed by atoms with Crippen LogP contribution in [0.3, 0.4) is 0 Å². The van der Waals surface area contributed by atoms with Crippen LogP contribution in [0.5, 0.6) is 0 Å². The first kappa shape index (κ1) is 14.4. The van der Waals surface area contributed by atoms with E-state index in [0.29, 0.717) is 32.0 Å². The molecule has 3 N–H and O–H groups in total. The van der Waals surface area contributed by atoms with Gasteiger partial charge in [-0.3, -0.25) is 0 Å². The minimum absolute atomic E-state index is 0.00995. The first-order valence-corrected chi connectivity index (χ1v) is 5.78. The largest absolute Gasteiger partial charge is 0.478 e. The summed E-state index contributed by atoms with van der Waals surface area (Å²) >= 11 is 0. The molecule has 1 aromatic rings. The summed E-state index contributed by atoms with van der Waals surface area (Å²) in [6.45, 7) is 3.23. The van der Waals surface area contributed by atoms with E-state index in [2.05, 4.69) is 10.3 Å². The van der Waals surface area contributed by atoms with E-state index in [-0.39, 0.29) is 12.2 Å². The number of carboxylic acids is 1. The van der Waals surface area contributed by atoms with Crippen LogP contribution in [0, 0.1) is 6.92 Å². The molecular weight excluding hydrogens is 236 g/mol. The molecule has 0 atom stereocenters. The molecule has 0 bridgehead atoms. The molecule has 1 heterocycles. The fraction of sp³-hybridized carbons (Fsp3) is 0.500. The molecule has 18 heavy (non-hydrogen) atoms. The molecule has 0 saturated carbocycles. The van der Waals surface area contributed by atoms with Crippen LogP contribution in [0.15, 0.2) is 12.1 Å². The molecule has 0 aliphatic carbocycles. The van der Waals surface area contributed by atoms with E-state index in [9.17, 15) is 4.79 Å². The predicted octanol–water partition coefficient (Wildman–Crippen LogP) is 0.899. The number of nitrogens with one attached hydrogen (secondary N) is 1. The van der Waals surface area contributed by atoms with Crippen molar-refractivity contribution >= 4 is 11.8 Å². The van der Waals surface area contributed by atoms with Crippen LogP contribution in [-0.4, -0.2) is 47.5 Å². The maximum Gasteiger partial charge on any atom is 0.339 e. The number of pyridine rings is 1. The molecule has 0 spiro atoms. The lowest BCUT2D eigenvalue weighted by atomic mass is 10.2. The highest BCUT2D eigenvalue weighted by atomic mass is 16.5. The van der Waals surface area contributed by atoms with Crippen molar-refractivity contribution in [3.8, 4) is 0 Å². The van der Waals surface area contributed by atoms with Gasteiger partial charge in [-0.25, -0.2) is 9.78 Å². The number of aromatic carboxylic acids is 1. The fourth-order valence-electron chi connectivity index (χ4n) is 1.41. The Morgan fingerprint density at radius 2 is 2.22 bits per heavy atom. The predicted molar refractivity (Wildman–Crippen MR) is 66.9 cm³/mol. The van der Waals surface area contributed by atoms with Crippen molar-refractivity contribution in [3.05, 3.63) is 23.4 Å². The number of nitrogens with zero attached hydrogens (tertiary/aromatic N) is 1. The van der Waals surface area contributed by atoms with E-state index in [1.807, 2.05) is 0 Å². The monoisotopic (exact) mass is 254 g/mol. The lowest BCUT2D eigenvalue weighted by molar-refractivity contribution is 0.0697. The van der Waals surface area contributed by atoms with E-state index in [1.54, 1.807) is 13.0 Å². The van der Waals surface area contributed by atoms with E-state index in [4.69, 9.17) is 14.9 Å². The standard InChI is InChI=1S/C12H18N2O4/c1-9-3-4-10(12(16)17)11(14-9)13-5-2-7-18-8-6-15/h3-4,15H,2,5-8H2,1H3,(H,13,14)(H,16,17). The summed E-state index contributed by atoms with van der Waals surface area (Å²) in [4.78, 5) is 15.1. The summed E-state index contributed by atoms with van der Waals surface area (Å²) in [6, 6.07) is 3.20. The van der Waals surface area contributed by atoms with E-state index in [1.165, 1.54) is 6.07 Å². The van der Waals surface area contributed by atoms with Crippen molar-refractivity contribution in [1.82, 2.24) is 4.98 Å². The third-order valence-corrected chi connectivity index (χ3v) is 2.26. The van der Waals surface area contributed by atoms with Gasteiger partial charge in [0.15, 0.2) is 0 Å². The first-order chi connectivity index (χ1) is 8.65. The molecule has 1 rings (SSSR count). The van der Waals surface area contributed by atoms with Crippen molar-refractivity contribution in [1.29, 1.82) is 0 Å². The third-order valence-electron chi connectivity index (χ3n) is 2.26. The van der Waals surface area contributed by atoms with Crippen LogP contribution < -0.4 is 5.32 Å². The molecule has 0 radical (unpaired) electrons. The Morgan fingerprint density at radius 3 is 2.89 bits per heavy atom. The summed E-state index contributed by atoms with van der Waals surface area (Å²) in [5.74, 6) is -0.619. The normalized spacial score (nSPS) is 10.3. The van der Waals surface area contributed by atoms with Crippen molar-refractivity contribution in [2.45, 2.75) is 13.3 Å². The summed E-state index contributed by atoms with van der Waals surface area (Å²) in [6.07, 6.45) is 0.717. The van der Waals surface area contributed by atoms with Crippen molar-refractivity contribution in [3.63, 3.8) is 0 Å². The van der Waals surface area contributed by atoms with Gasteiger partial charge in [-0.05, 0) is 25.5 Å². The molecule has 0 unspecified atom stereocenters. The van der Waals surface area contributed by atoms with E-state index >= 15 is 0 Å². The highest BCUT2D eigenvalue weighted by Crippen LogP contribution is 2.13. The van der Waals surface area contributed by atoms with Crippen LogP contribution in [0.2, 0.25) is 0 Å². The van der Waals surface area contributed by atoms with Crippen LogP contribution in [0.25, 0.3) is 0 Å². The Labute approximate surface area is 106 Å². The molecule has 0 saturated heterocycles. The minimum atomic E-state index is -0.999. The van der Waals surface area contributed by atoms with Crippen molar-refractivity contribution in [2.24, 2.45) is 0 Å². The molecule has 6 heteroatoms. The number of aromatic nitrogens is 1. The van der Waals surface area contributed by atoms with Crippen LogP contribution in [0.1, 0.15) is 22.5 Å². The number of rotatable bonds is 8. The molecule has 0 amide bonds. The first-order valence-electron chi connectivity index (χ1n) is 5.78. The quantitative estimate of drug-likeness (QED) is 0.597. The maximum atomic E-state index is 11.0. The smallest absolute Gasteiger partial charge is 0.339 e. The second-order valence-electron chi connectivity index (χ2n) is 3.77. The molecule has 0 aliphatic rings. The SMILES string of the molecule is Cc1ccc(C(=O)O)c(NCCCOCCO)n1. The van der Waals surface area contributed by atoms with E-state index in [0.717, 1.165) is 5.69 Å². The Morgan fingerprint density at radius 1 is 1.44 bits per heavy atom. The number of ether oxygens (including phenoxy) is 1. The molecule has 6 nitrogen and oxygen atoms in total. The topological polar surface area (TPSA) is 91.7 Å². The Hall–Kier alpha value is -1.66. The van der Waals surface area contributed by atoms with Gasteiger partial charge in [0, 0.05) is 18.8 Å². The van der Waals surface area contributed by atoms with Gasteiger partial charge >= 0.3 is 5.97 Å². The van der Waals surface area contributed by atoms with Crippen molar-refractivity contribution < 1.29 is 19.7 Å². The summed E-state index contributed by atoms with van der Waals surface area (Å²) in [5.41, 5.74) is 0.927. The molecular formula is C12H18N2O4. The molecule has 1 aromatic heterocycles. The maximum absolute atomic E-state index is 11.0. The number of aryl methyl sites for hydroxylation is 1. The third kappa shape index (κ3) is 4.68. The number of aliphatic hydroxyl groups is 1. The van der Waals surface area contributed by atoms with Gasteiger partial charge in [0.05, 0.1) is 13.2 Å². The van der Waals surface area contributed by atoms with Crippen LogP contribution >= 0.6 is 0 Å². The second-order valence-corrected chi connectivity index (χ2v) is 3.77. The van der Waals surface area contributed by atoms with Gasteiger partial charge in [-0.1, -0.05) is 0 Å². The highest BCUT2D eigenvalue weighted by molar-refractivity contribution is 5.93. The minimum Gasteiger partial charge on any atom is -0.478 e. The lowest BCUT2D eigenvalue weighted by Gasteiger charge is -2.09. The number of anilines is 1. The van der Waals surface area contributed by atoms with Gasteiger partial charge in [-0.2, -0.15) is 0 Å². The Kier molecular flexibility index (Phi) is 6.10. The van der Waals surface area contributed by atoms with Gasteiger partial charge in [0.2, 0.25) is 0 Å². The molecule has 0 fully saturated rings. The molecule has 100 valence electrons. The zero-order valence-corrected chi connectivity index (χ0v) is 10.3. The van der Waals surface area contributed by atoms with Crippen molar-refractivity contribution in [2.75, 3.05) is 31.7 Å². The fourth-order valence-corrected chi connectivity index (χ4v) is 1.41. The lowest BCUT2D eigenvalue weighted by Crippen LogP contribution is -2.12. The second kappa shape index (κ2) is 7.62. The number of aliphatic hydroxyl groups excluding tert-OH is 1. The van der Waals surface area contributed by atoms with E-state index < -0.39 is 5.97 Å². The van der Waals surface area contributed by atoms with Crippen LogP contribution in [0.4, 0.5) is 5.82 Å². The highest BCUT2D eigenvalue weighted by Gasteiger charge is 2.10. The number of hydrogen-bond donors (Lipinski definition) is 3. The van der Waals surface area contributed by atoms with Gasteiger partial charge < -0.3 is 20.3 Å². The average Bonchev–Trinajstić information content (AvgIpc) is 2.33. The zero-order chi connectivity index (χ0) is 13.4. The number of hydrogen-bond acceptors (Lipinski definition) is 5. The number of carboxylic acid groups (broad SMARTS) is 1. The average molecular weight is 254 g/mol. The summed E-state index contributed by atoms with van der Waals surface area (Å²) < 4.78 is 5.10. The zero-order valence-electron chi connectivity index (χ0n) is 10.3. The van der Waals surface area contributed by atoms with Gasteiger partial charge in [0.25, 0.3) is 0 Å². The summed E-state index contributed by atoms with van der Waals surface area (Å²) in [5, 5.41) is 20.5. The van der Waals surface area contributed by atoms with Crippen LogP contribution in [-0.2, 0) is 4.74 Å². The summed E-state index contributed by atoms with van der Waals surface area (Å²) in [7, 11) is 0. The number of carbonyl (C=O) groups is 1. The van der Waals surface area contributed by atoms with Gasteiger partial charge in [0.1, 0.15) is 11.4 Å². The Balaban J connectivity index is 2.45.